The molecule has 124 valence electrons. The van der Waals surface area contributed by atoms with Gasteiger partial charge in [0.2, 0.25) is 5.91 Å². The number of rotatable bonds is 1. The van der Waals surface area contributed by atoms with Crippen LogP contribution in [0, 0.1) is 11.2 Å². The van der Waals surface area contributed by atoms with E-state index in [0.717, 1.165) is 37.6 Å². The van der Waals surface area contributed by atoms with E-state index in [4.69, 9.17) is 0 Å². The molecule has 3 aliphatic heterocycles. The van der Waals surface area contributed by atoms with E-state index in [2.05, 4.69) is 24.1 Å². The van der Waals surface area contributed by atoms with Gasteiger partial charge in [0.1, 0.15) is 5.82 Å². The van der Waals surface area contributed by atoms with Crippen molar-refractivity contribution in [2.75, 3.05) is 43.0 Å². The first kappa shape index (κ1) is 14.9. The molecule has 0 atom stereocenters. The molecule has 0 bridgehead atoms. The summed E-state index contributed by atoms with van der Waals surface area (Å²) >= 11 is 0. The van der Waals surface area contributed by atoms with Crippen molar-refractivity contribution in [1.29, 1.82) is 0 Å². The minimum Gasteiger partial charge on any atom is -0.370 e. The Labute approximate surface area is 136 Å². The molecule has 1 aromatic carbocycles. The summed E-state index contributed by atoms with van der Waals surface area (Å²) in [6.45, 7) is 7.82. The lowest BCUT2D eigenvalue weighted by molar-refractivity contribution is -0.123. The monoisotopic (exact) mass is 317 g/mol. The van der Waals surface area contributed by atoms with Crippen molar-refractivity contribution in [1.82, 2.24) is 5.32 Å². The predicted molar refractivity (Wildman–Crippen MR) is 89.6 cm³/mol. The zero-order valence-electron chi connectivity index (χ0n) is 14.1. The van der Waals surface area contributed by atoms with Gasteiger partial charge in [0.05, 0.1) is 11.1 Å². The second kappa shape index (κ2) is 4.69. The fourth-order valence-corrected chi connectivity index (χ4v) is 4.52. The van der Waals surface area contributed by atoms with E-state index in [1.807, 2.05) is 6.07 Å². The molecule has 1 N–H and O–H groups in total. The van der Waals surface area contributed by atoms with Crippen LogP contribution >= 0.6 is 0 Å². The summed E-state index contributed by atoms with van der Waals surface area (Å²) in [4.78, 5) is 16.7. The molecule has 1 aromatic rings. The number of carbonyl (C=O) groups is 1. The number of carbonyl (C=O) groups excluding carboxylic acids is 1. The maximum atomic E-state index is 15.0. The number of benzene rings is 1. The van der Waals surface area contributed by atoms with Gasteiger partial charge in [-0.2, -0.15) is 0 Å². The number of halogens is 1. The van der Waals surface area contributed by atoms with Gasteiger partial charge in [-0.3, -0.25) is 4.79 Å². The van der Waals surface area contributed by atoms with Crippen LogP contribution in [0.25, 0.3) is 0 Å². The molecule has 0 saturated carbocycles. The van der Waals surface area contributed by atoms with Gasteiger partial charge in [-0.1, -0.05) is 13.8 Å². The third kappa shape index (κ3) is 2.02. The van der Waals surface area contributed by atoms with Crippen molar-refractivity contribution in [3.05, 3.63) is 23.5 Å². The Balaban J connectivity index is 1.77. The molecule has 3 heterocycles. The lowest BCUT2D eigenvalue weighted by atomic mass is 9.73. The third-order valence-corrected chi connectivity index (χ3v) is 5.67. The SMILES string of the molecule is CN1C(=O)C2(CCNCC2)c2c(F)cc(N3CC(C)(C)C3)cc21. The van der Waals surface area contributed by atoms with Gasteiger partial charge in [0, 0.05) is 31.4 Å². The number of nitrogens with one attached hydrogen (secondary N) is 1. The van der Waals surface area contributed by atoms with Crippen molar-refractivity contribution in [2.24, 2.45) is 5.41 Å². The van der Waals surface area contributed by atoms with E-state index in [1.165, 1.54) is 0 Å². The third-order valence-electron chi connectivity index (χ3n) is 5.67. The molecule has 1 spiro atoms. The molecule has 0 unspecified atom stereocenters. The van der Waals surface area contributed by atoms with Gasteiger partial charge in [0.25, 0.3) is 0 Å². The topological polar surface area (TPSA) is 35.6 Å². The highest BCUT2D eigenvalue weighted by atomic mass is 19.1. The van der Waals surface area contributed by atoms with Gasteiger partial charge in [-0.15, -0.1) is 0 Å². The Morgan fingerprint density at radius 3 is 2.43 bits per heavy atom. The Bertz CT molecular complexity index is 671. The molecule has 23 heavy (non-hydrogen) atoms. The summed E-state index contributed by atoms with van der Waals surface area (Å²) in [6.07, 6.45) is 1.35. The van der Waals surface area contributed by atoms with Crippen molar-refractivity contribution in [3.8, 4) is 0 Å². The molecular formula is C18H24FN3O. The summed E-state index contributed by atoms with van der Waals surface area (Å²) in [6, 6.07) is 3.63. The molecule has 0 aromatic heterocycles. The Morgan fingerprint density at radius 1 is 1.17 bits per heavy atom. The van der Waals surface area contributed by atoms with Crippen LogP contribution in [-0.2, 0) is 10.2 Å². The first-order valence-corrected chi connectivity index (χ1v) is 8.42. The summed E-state index contributed by atoms with van der Waals surface area (Å²) in [5.74, 6) is -0.171. The lowest BCUT2D eigenvalue weighted by Gasteiger charge is -2.47. The molecule has 2 saturated heterocycles. The molecule has 1 amide bonds. The number of fused-ring (bicyclic) bond motifs is 2. The fraction of sp³-hybridized carbons (Fsp3) is 0.611. The second-order valence-electron chi connectivity index (χ2n) is 8.04. The Kier molecular flexibility index (Phi) is 3.05. The highest BCUT2D eigenvalue weighted by Gasteiger charge is 2.52. The minimum absolute atomic E-state index is 0.0500. The zero-order chi connectivity index (χ0) is 16.4. The predicted octanol–water partition coefficient (Wildman–Crippen LogP) is 2.27. The summed E-state index contributed by atoms with van der Waals surface area (Å²) in [5.41, 5.74) is 1.90. The Morgan fingerprint density at radius 2 is 1.83 bits per heavy atom. The van der Waals surface area contributed by atoms with Crippen LogP contribution in [-0.4, -0.2) is 39.1 Å². The fourth-order valence-electron chi connectivity index (χ4n) is 4.52. The van der Waals surface area contributed by atoms with Crippen LogP contribution in [0.1, 0.15) is 32.3 Å². The van der Waals surface area contributed by atoms with Crippen molar-refractivity contribution in [3.63, 3.8) is 0 Å². The number of anilines is 2. The minimum atomic E-state index is -0.661. The maximum absolute atomic E-state index is 15.0. The number of nitrogens with zero attached hydrogens (tertiary/aromatic N) is 2. The van der Waals surface area contributed by atoms with Gasteiger partial charge in [-0.25, -0.2) is 4.39 Å². The smallest absolute Gasteiger partial charge is 0.237 e. The average molecular weight is 317 g/mol. The first-order valence-electron chi connectivity index (χ1n) is 8.42. The highest BCUT2D eigenvalue weighted by molar-refractivity contribution is 6.08. The van der Waals surface area contributed by atoms with Gasteiger partial charge >= 0.3 is 0 Å². The summed E-state index contributed by atoms with van der Waals surface area (Å²) in [7, 11) is 1.78. The van der Waals surface area contributed by atoms with E-state index in [9.17, 15) is 4.79 Å². The number of hydrogen-bond donors (Lipinski definition) is 1. The van der Waals surface area contributed by atoms with Crippen LogP contribution in [0.3, 0.4) is 0 Å². The standard InChI is InChI=1S/C18H24FN3O/c1-17(2)10-22(11-17)12-8-13(19)15-14(9-12)21(3)16(23)18(15)4-6-20-7-5-18/h8-9,20H,4-7,10-11H2,1-3H3. The molecule has 5 heteroatoms. The van der Waals surface area contributed by atoms with Crippen LogP contribution in [0.4, 0.5) is 15.8 Å². The van der Waals surface area contributed by atoms with Gasteiger partial charge in [0.15, 0.2) is 0 Å². The van der Waals surface area contributed by atoms with Crippen LogP contribution in [0.2, 0.25) is 0 Å². The largest absolute Gasteiger partial charge is 0.370 e. The number of piperidine rings is 1. The zero-order valence-corrected chi connectivity index (χ0v) is 14.1. The first-order chi connectivity index (χ1) is 10.8. The number of likely N-dealkylation sites (N-methyl/N-ethyl adjacent to an activating group) is 1. The highest BCUT2D eigenvalue weighted by Crippen LogP contribution is 2.49. The maximum Gasteiger partial charge on any atom is 0.237 e. The van der Waals surface area contributed by atoms with E-state index in [-0.39, 0.29) is 17.1 Å². The molecule has 3 aliphatic rings. The molecule has 2 fully saturated rings. The van der Waals surface area contributed by atoms with Crippen molar-refractivity contribution in [2.45, 2.75) is 32.1 Å². The lowest BCUT2D eigenvalue weighted by Crippen LogP contribution is -2.53. The second-order valence-corrected chi connectivity index (χ2v) is 8.04. The molecule has 0 radical (unpaired) electrons. The summed E-state index contributed by atoms with van der Waals surface area (Å²) < 4.78 is 15.0. The van der Waals surface area contributed by atoms with E-state index >= 15 is 4.39 Å². The van der Waals surface area contributed by atoms with Crippen molar-refractivity contribution >= 4 is 17.3 Å². The van der Waals surface area contributed by atoms with E-state index in [1.54, 1.807) is 18.0 Å². The average Bonchev–Trinajstić information content (AvgIpc) is 2.69. The molecular weight excluding hydrogens is 293 g/mol. The molecule has 4 nitrogen and oxygen atoms in total. The summed E-state index contributed by atoms with van der Waals surface area (Å²) in [5, 5.41) is 3.28. The normalized spacial score (nSPS) is 24.8. The van der Waals surface area contributed by atoms with E-state index < -0.39 is 5.41 Å². The van der Waals surface area contributed by atoms with Crippen LogP contribution in [0.5, 0.6) is 0 Å². The van der Waals surface area contributed by atoms with E-state index in [0.29, 0.717) is 18.4 Å². The molecule has 4 rings (SSSR count). The quantitative estimate of drug-likeness (QED) is 0.863. The van der Waals surface area contributed by atoms with Crippen LogP contribution < -0.4 is 15.1 Å². The van der Waals surface area contributed by atoms with Gasteiger partial charge in [-0.05, 0) is 43.5 Å². The molecule has 0 aliphatic carbocycles. The van der Waals surface area contributed by atoms with Gasteiger partial charge < -0.3 is 15.1 Å². The Hall–Kier alpha value is -1.62. The van der Waals surface area contributed by atoms with Crippen LogP contribution in [0.15, 0.2) is 12.1 Å². The van der Waals surface area contributed by atoms with Crippen molar-refractivity contribution < 1.29 is 9.18 Å². The number of amides is 1. The number of hydrogen-bond acceptors (Lipinski definition) is 3.